The fourth-order valence-corrected chi connectivity index (χ4v) is 2.04. The maximum atomic E-state index is 5.38. The van der Waals surface area contributed by atoms with Crippen molar-refractivity contribution in [3.05, 3.63) is 0 Å². The lowest BCUT2D eigenvalue weighted by Crippen LogP contribution is -2.48. The van der Waals surface area contributed by atoms with Crippen LogP contribution in [0.4, 0.5) is 0 Å². The monoisotopic (exact) mass is 214 g/mol. The smallest absolute Gasteiger partial charge is 0.0483 e. The molecule has 0 spiro atoms. The second-order valence-corrected chi connectivity index (χ2v) is 4.85. The molecule has 3 heteroatoms. The first-order valence-electron chi connectivity index (χ1n) is 6.22. The van der Waals surface area contributed by atoms with Gasteiger partial charge in [-0.25, -0.2) is 0 Å². The second-order valence-electron chi connectivity index (χ2n) is 4.85. The predicted molar refractivity (Wildman–Crippen MR) is 64.2 cm³/mol. The molecule has 0 amide bonds. The van der Waals surface area contributed by atoms with Crippen molar-refractivity contribution in [3.63, 3.8) is 0 Å². The van der Waals surface area contributed by atoms with Crippen LogP contribution in [0.5, 0.6) is 0 Å². The molecular formula is C12H26N2O. The van der Waals surface area contributed by atoms with Gasteiger partial charge in [0.15, 0.2) is 0 Å². The highest BCUT2D eigenvalue weighted by Crippen LogP contribution is 2.19. The van der Waals surface area contributed by atoms with E-state index < -0.39 is 0 Å². The van der Waals surface area contributed by atoms with Crippen LogP contribution in [0.3, 0.4) is 0 Å². The van der Waals surface area contributed by atoms with Gasteiger partial charge in [-0.15, -0.1) is 0 Å². The molecule has 1 unspecified atom stereocenters. The van der Waals surface area contributed by atoms with Crippen LogP contribution >= 0.6 is 0 Å². The van der Waals surface area contributed by atoms with E-state index in [2.05, 4.69) is 31.4 Å². The Balaban J connectivity index is 2.12. The summed E-state index contributed by atoms with van der Waals surface area (Å²) in [6.07, 6.45) is 3.48. The average Bonchev–Trinajstić information content (AvgIpc) is 2.19. The summed E-state index contributed by atoms with van der Waals surface area (Å²) in [5.74, 6) is 0. The van der Waals surface area contributed by atoms with Gasteiger partial charge in [0.1, 0.15) is 0 Å². The van der Waals surface area contributed by atoms with Crippen molar-refractivity contribution >= 4 is 0 Å². The van der Waals surface area contributed by atoms with Crippen molar-refractivity contribution in [1.29, 1.82) is 0 Å². The van der Waals surface area contributed by atoms with E-state index in [1.807, 2.05) is 0 Å². The second kappa shape index (κ2) is 6.46. The van der Waals surface area contributed by atoms with Crippen molar-refractivity contribution < 1.29 is 4.74 Å². The zero-order chi connectivity index (χ0) is 11.1. The first kappa shape index (κ1) is 12.9. The molecule has 2 N–H and O–H groups in total. The molecule has 0 aliphatic carbocycles. The Morgan fingerprint density at radius 2 is 2.00 bits per heavy atom. The molecule has 0 aromatic carbocycles. The van der Waals surface area contributed by atoms with Crippen LogP contribution < -0.4 is 10.6 Å². The Bertz CT molecular complexity index is 167. The van der Waals surface area contributed by atoms with E-state index in [1.54, 1.807) is 0 Å². The van der Waals surface area contributed by atoms with Gasteiger partial charge in [-0.3, -0.25) is 0 Å². The number of hydrogen-bond acceptors (Lipinski definition) is 3. The summed E-state index contributed by atoms with van der Waals surface area (Å²) in [7, 11) is 0. The first-order chi connectivity index (χ1) is 7.16. The lowest BCUT2D eigenvalue weighted by molar-refractivity contribution is 0.0451. The van der Waals surface area contributed by atoms with E-state index in [0.717, 1.165) is 39.1 Å². The summed E-state index contributed by atoms with van der Waals surface area (Å²) in [4.78, 5) is 0. The Labute approximate surface area is 94.0 Å². The molecule has 1 heterocycles. The molecule has 15 heavy (non-hydrogen) atoms. The molecule has 90 valence electrons. The molecule has 0 aromatic rings. The fraction of sp³-hybridized carbons (Fsp3) is 1.00. The zero-order valence-electron chi connectivity index (χ0n) is 10.4. The Kier molecular flexibility index (Phi) is 5.58. The topological polar surface area (TPSA) is 33.3 Å². The molecule has 0 aromatic heterocycles. The van der Waals surface area contributed by atoms with Crippen molar-refractivity contribution in [2.24, 2.45) is 0 Å². The number of nitrogens with one attached hydrogen (secondary N) is 2. The molecule has 1 saturated heterocycles. The summed E-state index contributed by atoms with van der Waals surface area (Å²) in [5.41, 5.74) is 0.310. The maximum Gasteiger partial charge on any atom is 0.0483 e. The number of hydrogen-bond donors (Lipinski definition) is 2. The zero-order valence-corrected chi connectivity index (χ0v) is 10.4. The van der Waals surface area contributed by atoms with Crippen LogP contribution in [0.15, 0.2) is 0 Å². The van der Waals surface area contributed by atoms with E-state index in [4.69, 9.17) is 4.74 Å². The van der Waals surface area contributed by atoms with Gasteiger partial charge in [0.05, 0.1) is 0 Å². The van der Waals surface area contributed by atoms with Gasteiger partial charge in [0.2, 0.25) is 0 Å². The Hall–Kier alpha value is -0.120. The molecule has 1 aliphatic heterocycles. The summed E-state index contributed by atoms with van der Waals surface area (Å²) < 4.78 is 5.38. The third-order valence-electron chi connectivity index (χ3n) is 3.28. The number of ether oxygens (including phenoxy) is 1. The molecule has 1 fully saturated rings. The van der Waals surface area contributed by atoms with Crippen molar-refractivity contribution in [1.82, 2.24) is 10.6 Å². The van der Waals surface area contributed by atoms with Crippen molar-refractivity contribution in [2.45, 2.75) is 51.6 Å². The highest BCUT2D eigenvalue weighted by atomic mass is 16.5. The lowest BCUT2D eigenvalue weighted by atomic mass is 9.92. The van der Waals surface area contributed by atoms with Crippen LogP contribution in [-0.4, -0.2) is 37.9 Å². The Morgan fingerprint density at radius 3 is 2.60 bits per heavy atom. The maximum absolute atomic E-state index is 5.38. The van der Waals surface area contributed by atoms with Gasteiger partial charge in [-0.05, 0) is 46.2 Å². The molecule has 0 radical (unpaired) electrons. The van der Waals surface area contributed by atoms with E-state index >= 15 is 0 Å². The van der Waals surface area contributed by atoms with Crippen molar-refractivity contribution in [2.75, 3.05) is 26.3 Å². The van der Waals surface area contributed by atoms with Gasteiger partial charge < -0.3 is 15.4 Å². The average molecular weight is 214 g/mol. The van der Waals surface area contributed by atoms with Crippen LogP contribution in [-0.2, 0) is 4.74 Å². The molecule has 0 bridgehead atoms. The van der Waals surface area contributed by atoms with Gasteiger partial charge in [0.25, 0.3) is 0 Å². The summed E-state index contributed by atoms with van der Waals surface area (Å²) >= 11 is 0. The minimum absolute atomic E-state index is 0.310. The molecule has 3 nitrogen and oxygen atoms in total. The minimum atomic E-state index is 0.310. The lowest BCUT2D eigenvalue weighted by Gasteiger charge is -2.35. The van der Waals surface area contributed by atoms with Crippen molar-refractivity contribution in [3.8, 4) is 0 Å². The normalized spacial score (nSPS) is 22.6. The number of rotatable bonds is 6. The fourth-order valence-electron chi connectivity index (χ4n) is 2.04. The van der Waals surface area contributed by atoms with Crippen LogP contribution in [0.25, 0.3) is 0 Å². The quantitative estimate of drug-likeness (QED) is 0.703. The standard InChI is InChI=1S/C12H26N2O/c1-4-13-11(2)5-8-14-12(3)6-9-15-10-7-12/h11,13-14H,4-10H2,1-3H3. The van der Waals surface area contributed by atoms with E-state index in [9.17, 15) is 0 Å². The minimum Gasteiger partial charge on any atom is -0.381 e. The van der Waals surface area contributed by atoms with Crippen LogP contribution in [0.1, 0.15) is 40.0 Å². The van der Waals surface area contributed by atoms with Gasteiger partial charge >= 0.3 is 0 Å². The molecule has 1 rings (SSSR count). The van der Waals surface area contributed by atoms with Gasteiger partial charge in [-0.1, -0.05) is 6.92 Å². The molecule has 0 saturated carbocycles. The van der Waals surface area contributed by atoms with E-state index in [-0.39, 0.29) is 0 Å². The third kappa shape index (κ3) is 4.96. The highest BCUT2D eigenvalue weighted by Gasteiger charge is 2.26. The largest absolute Gasteiger partial charge is 0.381 e. The van der Waals surface area contributed by atoms with Crippen LogP contribution in [0.2, 0.25) is 0 Å². The third-order valence-corrected chi connectivity index (χ3v) is 3.28. The van der Waals surface area contributed by atoms with E-state index in [0.29, 0.717) is 11.6 Å². The Morgan fingerprint density at radius 1 is 1.33 bits per heavy atom. The molecular weight excluding hydrogens is 188 g/mol. The summed E-state index contributed by atoms with van der Waals surface area (Å²) in [5, 5.41) is 7.10. The summed E-state index contributed by atoms with van der Waals surface area (Å²) in [6, 6.07) is 0.617. The molecule has 1 aliphatic rings. The van der Waals surface area contributed by atoms with E-state index in [1.165, 1.54) is 6.42 Å². The van der Waals surface area contributed by atoms with Gasteiger partial charge in [0, 0.05) is 24.8 Å². The SMILES string of the molecule is CCNC(C)CCNC1(C)CCOCC1. The first-order valence-corrected chi connectivity index (χ1v) is 6.22. The van der Waals surface area contributed by atoms with Crippen LogP contribution in [0, 0.1) is 0 Å². The van der Waals surface area contributed by atoms with Gasteiger partial charge in [-0.2, -0.15) is 0 Å². The summed E-state index contributed by atoms with van der Waals surface area (Å²) in [6.45, 7) is 10.7. The predicted octanol–water partition coefficient (Wildman–Crippen LogP) is 1.53. The highest BCUT2D eigenvalue weighted by molar-refractivity contribution is 4.85. The molecule has 1 atom stereocenters.